The Balaban J connectivity index is 2.93. The Hall–Kier alpha value is -1.55. The van der Waals surface area contributed by atoms with Crippen LogP contribution in [0.25, 0.3) is 0 Å². The van der Waals surface area contributed by atoms with E-state index in [9.17, 15) is 15.0 Å². The van der Waals surface area contributed by atoms with Crippen molar-refractivity contribution < 1.29 is 19.7 Å². The number of ether oxygens (including phenoxy) is 1. The zero-order chi connectivity index (χ0) is 14.4. The first-order chi connectivity index (χ1) is 8.99. The summed E-state index contributed by atoms with van der Waals surface area (Å²) < 4.78 is 5.09. The first-order valence-electron chi connectivity index (χ1n) is 5.57. The van der Waals surface area contributed by atoms with Gasteiger partial charge in [-0.15, -0.1) is 0 Å². The van der Waals surface area contributed by atoms with Crippen LogP contribution < -0.4 is 4.74 Å². The molecule has 2 unspecified atom stereocenters. The van der Waals surface area contributed by atoms with Crippen molar-refractivity contribution in [3.05, 3.63) is 29.3 Å². The lowest BCUT2D eigenvalue weighted by molar-refractivity contribution is -0.109. The van der Waals surface area contributed by atoms with Crippen LogP contribution in [0.5, 0.6) is 5.75 Å². The van der Waals surface area contributed by atoms with Gasteiger partial charge in [-0.3, -0.25) is 4.79 Å². The summed E-state index contributed by atoms with van der Waals surface area (Å²) in [6, 6.07) is 6.54. The van der Waals surface area contributed by atoms with Crippen LogP contribution in [-0.2, 0) is 4.79 Å². The molecule has 6 heteroatoms. The summed E-state index contributed by atoms with van der Waals surface area (Å²) in [5, 5.41) is 28.6. The number of methoxy groups -OCH3 is 1. The summed E-state index contributed by atoms with van der Waals surface area (Å²) in [6.07, 6.45) is -2.33. The summed E-state index contributed by atoms with van der Waals surface area (Å²) in [4.78, 5) is 10.8. The molecule has 1 aromatic carbocycles. The number of hydrogen-bond donors (Lipinski definition) is 2. The molecule has 5 nitrogen and oxygen atoms in total. The van der Waals surface area contributed by atoms with Gasteiger partial charge in [0.05, 0.1) is 24.8 Å². The number of nitriles is 1. The van der Waals surface area contributed by atoms with Crippen molar-refractivity contribution in [2.45, 2.75) is 19.1 Å². The standard InChI is InChI=1S/C13H15NO4S/c1-8(15)19-7-11(16)13(17)10-5-9(6-14)3-4-12(10)18-2/h3-5,11,13,16-17H,7H2,1-2H3. The van der Waals surface area contributed by atoms with Gasteiger partial charge in [0.25, 0.3) is 0 Å². The normalized spacial score (nSPS) is 13.4. The highest BCUT2D eigenvalue weighted by atomic mass is 32.2. The van der Waals surface area contributed by atoms with Crippen LogP contribution in [-0.4, -0.2) is 34.3 Å². The molecular formula is C13H15NO4S. The molecule has 102 valence electrons. The van der Waals surface area contributed by atoms with Gasteiger partial charge in [-0.25, -0.2) is 0 Å². The predicted molar refractivity (Wildman–Crippen MR) is 71.8 cm³/mol. The van der Waals surface area contributed by atoms with Gasteiger partial charge in [-0.2, -0.15) is 5.26 Å². The minimum Gasteiger partial charge on any atom is -0.496 e. The van der Waals surface area contributed by atoms with E-state index in [4.69, 9.17) is 10.00 Å². The van der Waals surface area contributed by atoms with Crippen LogP contribution in [0.1, 0.15) is 24.2 Å². The molecule has 0 aliphatic heterocycles. The maximum atomic E-state index is 10.8. The smallest absolute Gasteiger partial charge is 0.185 e. The second kappa shape index (κ2) is 7.14. The third-order valence-corrected chi connectivity index (χ3v) is 3.41. The quantitative estimate of drug-likeness (QED) is 0.844. The summed E-state index contributed by atoms with van der Waals surface area (Å²) in [5.74, 6) is 0.467. The minimum absolute atomic E-state index is 0.0798. The van der Waals surface area contributed by atoms with E-state index in [0.29, 0.717) is 16.9 Å². The summed E-state index contributed by atoms with van der Waals surface area (Å²) >= 11 is 0.931. The van der Waals surface area contributed by atoms with Crippen LogP contribution in [0.2, 0.25) is 0 Å². The maximum Gasteiger partial charge on any atom is 0.185 e. The number of hydrogen-bond acceptors (Lipinski definition) is 6. The summed E-state index contributed by atoms with van der Waals surface area (Å²) in [7, 11) is 1.44. The summed E-state index contributed by atoms with van der Waals surface area (Å²) in [5.41, 5.74) is 0.694. The van der Waals surface area contributed by atoms with E-state index in [-0.39, 0.29) is 10.9 Å². The molecule has 0 saturated carbocycles. The molecular weight excluding hydrogens is 266 g/mol. The lowest BCUT2D eigenvalue weighted by Crippen LogP contribution is -2.22. The number of carbonyl (C=O) groups excluding carboxylic acids is 1. The third kappa shape index (κ3) is 4.24. The second-order valence-corrected chi connectivity index (χ2v) is 5.08. The van der Waals surface area contributed by atoms with E-state index < -0.39 is 12.2 Å². The van der Waals surface area contributed by atoms with Gasteiger partial charge in [0.2, 0.25) is 0 Å². The molecule has 0 radical (unpaired) electrons. The number of aliphatic hydroxyl groups is 2. The second-order valence-electron chi connectivity index (χ2n) is 3.88. The average Bonchev–Trinajstić information content (AvgIpc) is 2.42. The monoisotopic (exact) mass is 281 g/mol. The Bertz CT molecular complexity index is 498. The predicted octanol–water partition coefficient (Wildman–Crippen LogP) is 1.24. The van der Waals surface area contributed by atoms with Gasteiger partial charge in [0, 0.05) is 18.2 Å². The highest BCUT2D eigenvalue weighted by Gasteiger charge is 2.22. The van der Waals surface area contributed by atoms with Gasteiger partial charge in [-0.05, 0) is 18.2 Å². The number of rotatable bonds is 5. The molecule has 2 N–H and O–H groups in total. The van der Waals surface area contributed by atoms with Crippen molar-refractivity contribution in [2.24, 2.45) is 0 Å². The van der Waals surface area contributed by atoms with E-state index in [1.54, 1.807) is 12.1 Å². The SMILES string of the molecule is COc1ccc(C#N)cc1C(O)C(O)CSC(C)=O. The fourth-order valence-electron chi connectivity index (χ4n) is 1.54. The Morgan fingerprint density at radius 1 is 1.53 bits per heavy atom. The lowest BCUT2D eigenvalue weighted by atomic mass is 10.0. The van der Waals surface area contributed by atoms with Crippen LogP contribution in [0.4, 0.5) is 0 Å². The van der Waals surface area contributed by atoms with Crippen molar-refractivity contribution in [1.82, 2.24) is 0 Å². The number of thioether (sulfide) groups is 1. The highest BCUT2D eigenvalue weighted by molar-refractivity contribution is 8.13. The van der Waals surface area contributed by atoms with Gasteiger partial charge >= 0.3 is 0 Å². The first kappa shape index (κ1) is 15.5. The molecule has 19 heavy (non-hydrogen) atoms. The molecule has 0 fully saturated rings. The van der Waals surface area contributed by atoms with Crippen molar-refractivity contribution in [2.75, 3.05) is 12.9 Å². The third-order valence-electron chi connectivity index (χ3n) is 2.50. The zero-order valence-electron chi connectivity index (χ0n) is 10.7. The zero-order valence-corrected chi connectivity index (χ0v) is 11.5. The largest absolute Gasteiger partial charge is 0.496 e. The van der Waals surface area contributed by atoms with E-state index in [1.165, 1.54) is 20.1 Å². The Morgan fingerprint density at radius 3 is 2.74 bits per heavy atom. The van der Waals surface area contributed by atoms with Crippen molar-refractivity contribution >= 4 is 16.9 Å². The van der Waals surface area contributed by atoms with Gasteiger partial charge in [-0.1, -0.05) is 11.8 Å². The molecule has 0 amide bonds. The van der Waals surface area contributed by atoms with E-state index in [2.05, 4.69) is 0 Å². The Kier molecular flexibility index (Phi) is 5.83. The van der Waals surface area contributed by atoms with Gasteiger partial charge < -0.3 is 14.9 Å². The maximum absolute atomic E-state index is 10.8. The van der Waals surface area contributed by atoms with Crippen molar-refractivity contribution in [3.8, 4) is 11.8 Å². The molecule has 0 spiro atoms. The number of carbonyl (C=O) groups is 1. The van der Waals surface area contributed by atoms with Crippen LogP contribution in [0, 0.1) is 11.3 Å². The highest BCUT2D eigenvalue weighted by Crippen LogP contribution is 2.29. The molecule has 0 bridgehead atoms. The Morgan fingerprint density at radius 2 is 2.21 bits per heavy atom. The molecule has 0 aliphatic carbocycles. The molecule has 0 heterocycles. The molecule has 0 aliphatic rings. The fraction of sp³-hybridized carbons (Fsp3) is 0.385. The van der Waals surface area contributed by atoms with Gasteiger partial charge in [0.15, 0.2) is 5.12 Å². The van der Waals surface area contributed by atoms with Gasteiger partial charge in [0.1, 0.15) is 11.9 Å². The number of nitrogens with zero attached hydrogens (tertiary/aromatic N) is 1. The fourth-order valence-corrected chi connectivity index (χ4v) is 2.12. The molecule has 0 saturated heterocycles. The summed E-state index contributed by atoms with van der Waals surface area (Å²) in [6.45, 7) is 1.39. The molecule has 0 aromatic heterocycles. The van der Waals surface area contributed by atoms with E-state index in [0.717, 1.165) is 11.8 Å². The lowest BCUT2D eigenvalue weighted by Gasteiger charge is -2.19. The molecule has 1 aromatic rings. The Labute approximate surface area is 115 Å². The van der Waals surface area contributed by atoms with E-state index >= 15 is 0 Å². The molecule has 2 atom stereocenters. The van der Waals surface area contributed by atoms with Crippen molar-refractivity contribution in [1.29, 1.82) is 5.26 Å². The average molecular weight is 281 g/mol. The topological polar surface area (TPSA) is 90.6 Å². The number of benzene rings is 1. The first-order valence-corrected chi connectivity index (χ1v) is 6.55. The van der Waals surface area contributed by atoms with Crippen LogP contribution in [0.15, 0.2) is 18.2 Å². The number of aliphatic hydroxyl groups excluding tert-OH is 2. The van der Waals surface area contributed by atoms with Crippen LogP contribution in [0.3, 0.4) is 0 Å². The minimum atomic E-state index is -1.21. The molecule has 1 rings (SSSR count). The van der Waals surface area contributed by atoms with E-state index in [1.807, 2.05) is 6.07 Å². The van der Waals surface area contributed by atoms with Crippen LogP contribution >= 0.6 is 11.8 Å². The van der Waals surface area contributed by atoms with Crippen molar-refractivity contribution in [3.63, 3.8) is 0 Å².